The van der Waals surface area contributed by atoms with Gasteiger partial charge in [0.15, 0.2) is 4.80 Å². The number of benzene rings is 2. The molecular weight excluding hydrogens is 508 g/mol. The topological polar surface area (TPSA) is 132 Å². The molecule has 184 valence electrons. The summed E-state index contributed by atoms with van der Waals surface area (Å²) in [5.41, 5.74) is 0.829. The highest BCUT2D eigenvalue weighted by Gasteiger charge is 2.28. The summed E-state index contributed by atoms with van der Waals surface area (Å²) in [6, 6.07) is 10.0. The van der Waals surface area contributed by atoms with Crippen molar-refractivity contribution in [3.63, 3.8) is 0 Å². The van der Waals surface area contributed by atoms with Crippen LogP contribution in [0.2, 0.25) is 0 Å². The van der Waals surface area contributed by atoms with Crippen LogP contribution in [-0.2, 0) is 26.6 Å². The van der Waals surface area contributed by atoms with Crippen LogP contribution in [0.1, 0.15) is 30.1 Å². The lowest BCUT2D eigenvalue weighted by Gasteiger charge is -2.30. The Morgan fingerprint density at radius 1 is 1.17 bits per heavy atom. The summed E-state index contributed by atoms with van der Waals surface area (Å²) < 4.78 is 53.0. The molecule has 12 heteroatoms. The Bertz CT molecular complexity index is 1610. The van der Waals surface area contributed by atoms with E-state index in [2.05, 4.69) is 10.9 Å². The first-order valence-electron chi connectivity index (χ1n) is 10.8. The van der Waals surface area contributed by atoms with Gasteiger partial charge in [0, 0.05) is 18.7 Å². The number of carbonyl (C=O) groups is 1. The first-order chi connectivity index (χ1) is 16.5. The Balaban J connectivity index is 1.67. The second-order valence-electron chi connectivity index (χ2n) is 8.40. The van der Waals surface area contributed by atoms with Crippen molar-refractivity contribution in [1.82, 2.24) is 8.87 Å². The Morgan fingerprint density at radius 3 is 2.49 bits per heavy atom. The number of piperidine rings is 1. The molecule has 1 saturated heterocycles. The third kappa shape index (κ3) is 5.24. The number of aromatic nitrogens is 1. The van der Waals surface area contributed by atoms with Crippen LogP contribution in [0.15, 0.2) is 57.2 Å². The van der Waals surface area contributed by atoms with Gasteiger partial charge >= 0.3 is 0 Å². The molecule has 0 spiro atoms. The van der Waals surface area contributed by atoms with E-state index in [4.69, 9.17) is 11.6 Å². The van der Waals surface area contributed by atoms with E-state index in [1.165, 1.54) is 40.7 Å². The molecule has 1 aromatic heterocycles. The number of carbonyl (C=O) groups excluding carboxylic acids is 1. The lowest BCUT2D eigenvalue weighted by molar-refractivity contribution is 0.0997. The maximum absolute atomic E-state index is 13.0. The van der Waals surface area contributed by atoms with Gasteiger partial charge in [0.1, 0.15) is 0 Å². The molecular formula is C23H24N4O5S3. The van der Waals surface area contributed by atoms with Gasteiger partial charge in [0.05, 0.1) is 26.6 Å². The van der Waals surface area contributed by atoms with Crippen LogP contribution in [0.5, 0.6) is 0 Å². The minimum Gasteiger partial charge on any atom is -0.305 e. The van der Waals surface area contributed by atoms with E-state index in [0.717, 1.165) is 24.2 Å². The normalized spacial score (nSPS) is 18.0. The number of primary sulfonamides is 1. The summed E-state index contributed by atoms with van der Waals surface area (Å²) >= 11 is 1.10. The average Bonchev–Trinajstić information content (AvgIpc) is 3.15. The van der Waals surface area contributed by atoms with Crippen LogP contribution in [-0.4, -0.2) is 44.7 Å². The standard InChI is InChI=1S/C23H24N4O5S3/c1-3-12-27-20-11-10-19(34(24,29)30)14-21(20)33-23(27)25-22(28)17-6-8-18(9-7-17)35(31,32)26-13-4-5-16(2)15-26/h1,6-11,14,16H,4-5,12-13,15H2,2H3,(H2,24,29,30)/t16-/m0/s1. The van der Waals surface area contributed by atoms with Crippen molar-refractivity contribution in [2.24, 2.45) is 16.0 Å². The molecule has 1 aliphatic rings. The van der Waals surface area contributed by atoms with Gasteiger partial charge < -0.3 is 4.57 Å². The molecule has 1 amide bonds. The van der Waals surface area contributed by atoms with Gasteiger partial charge in [-0.1, -0.05) is 24.2 Å². The molecule has 1 fully saturated rings. The quantitative estimate of drug-likeness (QED) is 0.503. The maximum atomic E-state index is 13.0. The van der Waals surface area contributed by atoms with Gasteiger partial charge in [-0.15, -0.1) is 6.42 Å². The summed E-state index contributed by atoms with van der Waals surface area (Å²) in [5, 5.41) is 5.22. The highest BCUT2D eigenvalue weighted by atomic mass is 32.2. The molecule has 0 aliphatic carbocycles. The van der Waals surface area contributed by atoms with Crippen molar-refractivity contribution in [2.45, 2.75) is 36.1 Å². The van der Waals surface area contributed by atoms with Crippen molar-refractivity contribution < 1.29 is 21.6 Å². The van der Waals surface area contributed by atoms with Gasteiger partial charge in [0.25, 0.3) is 5.91 Å². The number of nitrogens with two attached hydrogens (primary N) is 1. The van der Waals surface area contributed by atoms with Gasteiger partial charge in [-0.3, -0.25) is 4.79 Å². The van der Waals surface area contributed by atoms with Crippen LogP contribution in [0, 0.1) is 18.3 Å². The second-order valence-corrected chi connectivity index (χ2v) is 12.9. The number of hydrogen-bond donors (Lipinski definition) is 1. The Morgan fingerprint density at radius 2 is 1.86 bits per heavy atom. The fraction of sp³-hybridized carbons (Fsp3) is 0.304. The van der Waals surface area contributed by atoms with Crippen molar-refractivity contribution in [2.75, 3.05) is 13.1 Å². The predicted octanol–water partition coefficient (Wildman–Crippen LogP) is 2.15. The fourth-order valence-corrected chi connectivity index (χ4v) is 7.27. The predicted molar refractivity (Wildman–Crippen MR) is 134 cm³/mol. The average molecular weight is 533 g/mol. The summed E-state index contributed by atoms with van der Waals surface area (Å²) in [6.07, 6.45) is 7.30. The number of sulfonamides is 2. The van der Waals surface area contributed by atoms with Gasteiger partial charge in [-0.25, -0.2) is 22.0 Å². The number of rotatable bonds is 5. The molecule has 35 heavy (non-hydrogen) atoms. The van der Waals surface area contributed by atoms with Gasteiger partial charge in [0.2, 0.25) is 20.0 Å². The Hall–Kier alpha value is -2.82. The van der Waals surface area contributed by atoms with E-state index in [1.807, 2.05) is 6.92 Å². The highest BCUT2D eigenvalue weighted by Crippen LogP contribution is 2.24. The molecule has 0 radical (unpaired) electrons. The molecule has 2 aromatic carbocycles. The molecule has 2 heterocycles. The van der Waals surface area contributed by atoms with Crippen molar-refractivity contribution in [3.8, 4) is 12.3 Å². The van der Waals surface area contributed by atoms with Gasteiger partial charge in [-0.2, -0.15) is 9.30 Å². The van der Waals surface area contributed by atoms with E-state index < -0.39 is 26.0 Å². The summed E-state index contributed by atoms with van der Waals surface area (Å²) in [7, 11) is -7.53. The number of terminal acetylenes is 1. The third-order valence-electron chi connectivity index (χ3n) is 5.79. The molecule has 0 bridgehead atoms. The van der Waals surface area contributed by atoms with Crippen molar-refractivity contribution >= 4 is 47.5 Å². The third-order valence-corrected chi connectivity index (χ3v) is 9.62. The molecule has 1 atom stereocenters. The van der Waals surface area contributed by atoms with E-state index >= 15 is 0 Å². The Labute approximate surface area is 208 Å². The Kier molecular flexibility index (Phi) is 6.99. The molecule has 2 N–H and O–H groups in total. The highest BCUT2D eigenvalue weighted by molar-refractivity contribution is 7.89. The van der Waals surface area contributed by atoms with Crippen LogP contribution in [0.4, 0.5) is 0 Å². The van der Waals surface area contributed by atoms with E-state index in [1.54, 1.807) is 10.6 Å². The zero-order chi connectivity index (χ0) is 25.4. The minimum absolute atomic E-state index is 0.0584. The monoisotopic (exact) mass is 532 g/mol. The van der Waals surface area contributed by atoms with Crippen LogP contribution in [0.25, 0.3) is 10.2 Å². The molecule has 0 saturated carbocycles. The largest absolute Gasteiger partial charge is 0.305 e. The number of amides is 1. The van der Waals surface area contributed by atoms with Crippen LogP contribution < -0.4 is 9.94 Å². The number of thiazole rings is 1. The number of fused-ring (bicyclic) bond motifs is 1. The lowest BCUT2D eigenvalue weighted by atomic mass is 10.0. The first kappa shape index (κ1) is 25.3. The molecule has 3 aromatic rings. The van der Waals surface area contributed by atoms with E-state index in [9.17, 15) is 21.6 Å². The van der Waals surface area contributed by atoms with Gasteiger partial charge in [-0.05, 0) is 61.2 Å². The fourth-order valence-electron chi connectivity index (χ4n) is 3.99. The zero-order valence-electron chi connectivity index (χ0n) is 18.9. The molecule has 0 unspecified atom stereocenters. The number of nitrogens with zero attached hydrogens (tertiary/aromatic N) is 3. The lowest BCUT2D eigenvalue weighted by Crippen LogP contribution is -2.39. The molecule has 4 rings (SSSR count). The minimum atomic E-state index is -3.90. The molecule has 9 nitrogen and oxygen atoms in total. The summed E-state index contributed by atoms with van der Waals surface area (Å²) in [6.45, 7) is 3.11. The zero-order valence-corrected chi connectivity index (χ0v) is 21.4. The first-order valence-corrected chi connectivity index (χ1v) is 14.6. The summed E-state index contributed by atoms with van der Waals surface area (Å²) in [5.74, 6) is 2.22. The van der Waals surface area contributed by atoms with E-state index in [-0.39, 0.29) is 26.7 Å². The maximum Gasteiger partial charge on any atom is 0.279 e. The number of hydrogen-bond acceptors (Lipinski definition) is 6. The SMILES string of the molecule is C#CCn1c(=NC(=O)c2ccc(S(=O)(=O)N3CCC[C@H](C)C3)cc2)sc2cc(S(N)(=O)=O)ccc21. The van der Waals surface area contributed by atoms with Crippen LogP contribution in [0.3, 0.4) is 0 Å². The van der Waals surface area contributed by atoms with Crippen molar-refractivity contribution in [3.05, 3.63) is 52.8 Å². The van der Waals surface area contributed by atoms with E-state index in [0.29, 0.717) is 29.2 Å². The van der Waals surface area contributed by atoms with Crippen molar-refractivity contribution in [1.29, 1.82) is 0 Å². The second kappa shape index (κ2) is 9.67. The van der Waals surface area contributed by atoms with Crippen LogP contribution >= 0.6 is 11.3 Å². The summed E-state index contributed by atoms with van der Waals surface area (Å²) in [4.78, 5) is 17.4. The smallest absolute Gasteiger partial charge is 0.279 e. The molecule has 1 aliphatic heterocycles.